The summed E-state index contributed by atoms with van der Waals surface area (Å²) >= 11 is 0. The molecular formula is C43H80NO7+. The fraction of sp³-hybridized carbons (Fsp3) is 0.837. The highest BCUT2D eigenvalue weighted by molar-refractivity contribution is 5.72. The SMILES string of the molecule is CCCCCC/C=C/CCCC(=O)OC(COCCC(C(=O)O)[N+](C)(C)C)COC(=O)CCCCCCC/C=C/CCCCCCCCCCC. The summed E-state index contributed by atoms with van der Waals surface area (Å²) in [4.78, 5) is 36.8. The number of nitrogens with zero attached hydrogens (tertiary/aromatic N) is 1. The number of carboxylic acids is 1. The van der Waals surface area contributed by atoms with Crippen molar-refractivity contribution in [2.24, 2.45) is 0 Å². The average molecular weight is 723 g/mol. The van der Waals surface area contributed by atoms with Crippen LogP contribution in [0.5, 0.6) is 0 Å². The van der Waals surface area contributed by atoms with Crippen LogP contribution >= 0.6 is 0 Å². The van der Waals surface area contributed by atoms with Gasteiger partial charge in [0.15, 0.2) is 12.1 Å². The van der Waals surface area contributed by atoms with E-state index >= 15 is 0 Å². The normalized spacial score (nSPS) is 13.2. The van der Waals surface area contributed by atoms with Gasteiger partial charge in [-0.05, 0) is 57.8 Å². The van der Waals surface area contributed by atoms with Gasteiger partial charge in [-0.25, -0.2) is 4.79 Å². The predicted molar refractivity (Wildman–Crippen MR) is 211 cm³/mol. The van der Waals surface area contributed by atoms with Crippen molar-refractivity contribution in [1.29, 1.82) is 0 Å². The number of hydrogen-bond acceptors (Lipinski definition) is 6. The summed E-state index contributed by atoms with van der Waals surface area (Å²) in [6.45, 7) is 4.66. The van der Waals surface area contributed by atoms with Crippen molar-refractivity contribution >= 4 is 17.9 Å². The summed E-state index contributed by atoms with van der Waals surface area (Å²) in [5, 5.41) is 9.58. The van der Waals surface area contributed by atoms with E-state index in [9.17, 15) is 19.5 Å². The number of allylic oxidation sites excluding steroid dienone is 4. The molecule has 0 radical (unpaired) electrons. The van der Waals surface area contributed by atoms with Gasteiger partial charge in [-0.15, -0.1) is 0 Å². The Kier molecular flexibility index (Phi) is 33.4. The van der Waals surface area contributed by atoms with Gasteiger partial charge in [-0.1, -0.05) is 128 Å². The Bertz CT molecular complexity index is 895. The molecule has 0 bridgehead atoms. The smallest absolute Gasteiger partial charge is 0.362 e. The molecule has 0 spiro atoms. The minimum atomic E-state index is -0.880. The predicted octanol–water partition coefficient (Wildman–Crippen LogP) is 10.9. The van der Waals surface area contributed by atoms with Gasteiger partial charge in [-0.2, -0.15) is 0 Å². The van der Waals surface area contributed by atoms with Gasteiger partial charge in [-0.3, -0.25) is 9.59 Å². The molecule has 0 aliphatic rings. The van der Waals surface area contributed by atoms with Crippen LogP contribution in [0, 0.1) is 0 Å². The summed E-state index contributed by atoms with van der Waals surface area (Å²) in [7, 11) is 5.51. The Morgan fingerprint density at radius 1 is 0.569 bits per heavy atom. The largest absolute Gasteiger partial charge is 0.477 e. The Balaban J connectivity index is 4.31. The molecule has 0 aromatic heterocycles. The van der Waals surface area contributed by atoms with Crippen molar-refractivity contribution in [3.05, 3.63) is 24.3 Å². The molecular weight excluding hydrogens is 642 g/mol. The number of likely N-dealkylation sites (N-methyl/N-ethyl adjacent to an activating group) is 1. The lowest BCUT2D eigenvalue weighted by atomic mass is 10.1. The molecule has 1 N–H and O–H groups in total. The number of hydrogen-bond donors (Lipinski definition) is 1. The van der Waals surface area contributed by atoms with Gasteiger partial charge in [0.05, 0.1) is 34.4 Å². The minimum absolute atomic E-state index is 0.0494. The van der Waals surface area contributed by atoms with Crippen LogP contribution in [0.3, 0.4) is 0 Å². The van der Waals surface area contributed by atoms with Crippen LogP contribution < -0.4 is 0 Å². The highest BCUT2D eigenvalue weighted by Gasteiger charge is 2.31. The Hall–Kier alpha value is -2.19. The summed E-state index contributed by atoms with van der Waals surface area (Å²) < 4.78 is 17.2. The van der Waals surface area contributed by atoms with Crippen molar-refractivity contribution in [1.82, 2.24) is 0 Å². The summed E-state index contributed by atoms with van der Waals surface area (Å²) in [6.07, 6.45) is 36.6. The Labute approximate surface area is 313 Å². The fourth-order valence-corrected chi connectivity index (χ4v) is 6.03. The molecule has 0 aliphatic carbocycles. The molecule has 0 saturated carbocycles. The van der Waals surface area contributed by atoms with E-state index in [-0.39, 0.29) is 42.7 Å². The van der Waals surface area contributed by atoms with Crippen molar-refractivity contribution in [2.45, 2.75) is 193 Å². The standard InChI is InChI=1S/C43H79NO7/c1-6-8-10-12-14-16-17-18-19-20-21-22-23-24-26-27-29-31-33-41(45)50-38-39(37-49-36-35-40(43(47)48)44(3,4)5)51-42(46)34-32-30-28-25-15-13-11-9-7-2/h21-22,25,28,39-40H,6-20,23-24,26-27,29-38H2,1-5H3/p+1/b22-21+,28-25+. The number of carbonyl (C=O) groups is 3. The number of ether oxygens (including phenoxy) is 3. The van der Waals surface area contributed by atoms with Crippen LogP contribution in [0.2, 0.25) is 0 Å². The van der Waals surface area contributed by atoms with E-state index in [1.807, 2.05) is 21.1 Å². The summed E-state index contributed by atoms with van der Waals surface area (Å²) in [5.41, 5.74) is 0. The third-order valence-electron chi connectivity index (χ3n) is 9.32. The third-order valence-corrected chi connectivity index (χ3v) is 9.32. The molecule has 0 heterocycles. The number of aliphatic carboxylic acids is 1. The first-order valence-electron chi connectivity index (χ1n) is 20.9. The second-order valence-corrected chi connectivity index (χ2v) is 15.2. The number of unbranched alkanes of at least 4 members (excludes halogenated alkanes) is 19. The van der Waals surface area contributed by atoms with E-state index in [1.54, 1.807) is 0 Å². The molecule has 0 fully saturated rings. The van der Waals surface area contributed by atoms with Gasteiger partial charge in [0, 0.05) is 19.3 Å². The van der Waals surface area contributed by atoms with Crippen molar-refractivity contribution in [3.63, 3.8) is 0 Å². The van der Waals surface area contributed by atoms with Crippen molar-refractivity contribution in [3.8, 4) is 0 Å². The number of quaternary nitrogens is 1. The van der Waals surface area contributed by atoms with Gasteiger partial charge in [0.25, 0.3) is 0 Å². The summed E-state index contributed by atoms with van der Waals surface area (Å²) in [6, 6.07) is -0.616. The lowest BCUT2D eigenvalue weighted by Crippen LogP contribution is -2.50. The molecule has 8 nitrogen and oxygen atoms in total. The molecule has 51 heavy (non-hydrogen) atoms. The molecule has 0 aromatic rings. The van der Waals surface area contributed by atoms with Crippen LogP contribution in [0.25, 0.3) is 0 Å². The van der Waals surface area contributed by atoms with Crippen LogP contribution in [0.4, 0.5) is 0 Å². The van der Waals surface area contributed by atoms with Gasteiger partial charge >= 0.3 is 17.9 Å². The molecule has 8 heteroatoms. The zero-order valence-electron chi connectivity index (χ0n) is 33.8. The molecule has 2 atom stereocenters. The first-order valence-corrected chi connectivity index (χ1v) is 20.9. The average Bonchev–Trinajstić information content (AvgIpc) is 3.08. The van der Waals surface area contributed by atoms with E-state index in [0.29, 0.717) is 19.3 Å². The Morgan fingerprint density at radius 2 is 1.00 bits per heavy atom. The van der Waals surface area contributed by atoms with Gasteiger partial charge in [0.2, 0.25) is 0 Å². The van der Waals surface area contributed by atoms with E-state index in [1.165, 1.54) is 103 Å². The fourth-order valence-electron chi connectivity index (χ4n) is 6.03. The van der Waals surface area contributed by atoms with Crippen LogP contribution in [-0.4, -0.2) is 80.6 Å². The van der Waals surface area contributed by atoms with Crippen molar-refractivity contribution in [2.75, 3.05) is 41.0 Å². The lowest BCUT2D eigenvalue weighted by Gasteiger charge is -2.31. The number of carboxylic acid groups (broad SMARTS) is 1. The summed E-state index contributed by atoms with van der Waals surface area (Å²) in [5.74, 6) is -1.52. The maximum Gasteiger partial charge on any atom is 0.362 e. The molecule has 0 amide bonds. The number of rotatable bonds is 37. The molecule has 0 rings (SSSR count). The first-order chi connectivity index (χ1) is 24.6. The molecule has 0 aromatic carbocycles. The zero-order valence-corrected chi connectivity index (χ0v) is 33.8. The first kappa shape index (κ1) is 48.8. The quantitative estimate of drug-likeness (QED) is 0.0295. The maximum atomic E-state index is 12.6. The molecule has 0 aliphatic heterocycles. The van der Waals surface area contributed by atoms with E-state index in [0.717, 1.165) is 38.5 Å². The molecule has 2 unspecified atom stereocenters. The number of carbonyl (C=O) groups excluding carboxylic acids is 2. The topological polar surface area (TPSA) is 99.1 Å². The van der Waals surface area contributed by atoms with E-state index in [2.05, 4.69) is 38.2 Å². The van der Waals surface area contributed by atoms with Gasteiger partial charge in [0.1, 0.15) is 6.61 Å². The second-order valence-electron chi connectivity index (χ2n) is 15.2. The zero-order chi connectivity index (χ0) is 37.8. The third kappa shape index (κ3) is 33.4. The van der Waals surface area contributed by atoms with Crippen LogP contribution in [0.15, 0.2) is 24.3 Å². The van der Waals surface area contributed by atoms with Gasteiger partial charge < -0.3 is 23.8 Å². The molecule has 0 saturated heterocycles. The number of esters is 2. The second kappa shape index (κ2) is 34.9. The highest BCUT2D eigenvalue weighted by atomic mass is 16.6. The van der Waals surface area contributed by atoms with E-state index < -0.39 is 18.1 Å². The lowest BCUT2D eigenvalue weighted by molar-refractivity contribution is -0.887. The monoisotopic (exact) mass is 723 g/mol. The van der Waals surface area contributed by atoms with Crippen LogP contribution in [0.1, 0.15) is 181 Å². The minimum Gasteiger partial charge on any atom is -0.477 e. The van der Waals surface area contributed by atoms with Crippen LogP contribution in [-0.2, 0) is 28.6 Å². The molecule has 298 valence electrons. The highest BCUT2D eigenvalue weighted by Crippen LogP contribution is 2.13. The van der Waals surface area contributed by atoms with E-state index in [4.69, 9.17) is 14.2 Å². The maximum absolute atomic E-state index is 12.6. The Morgan fingerprint density at radius 3 is 1.49 bits per heavy atom. The van der Waals surface area contributed by atoms with Crippen molar-refractivity contribution < 1.29 is 38.2 Å².